The van der Waals surface area contributed by atoms with Crippen molar-refractivity contribution in [3.63, 3.8) is 0 Å². The summed E-state index contributed by atoms with van der Waals surface area (Å²) in [7, 11) is 4.24. The molecule has 3 aliphatic rings. The van der Waals surface area contributed by atoms with Gasteiger partial charge in [0.25, 0.3) is 0 Å². The number of ketones is 1. The molecule has 0 bridgehead atoms. The first-order valence-electron chi connectivity index (χ1n) is 10.6. The molecular formula is C24H36N2O2. The van der Waals surface area contributed by atoms with Gasteiger partial charge in [0.2, 0.25) is 0 Å². The van der Waals surface area contributed by atoms with Gasteiger partial charge in [-0.15, -0.1) is 0 Å². The zero-order valence-corrected chi connectivity index (χ0v) is 18.1. The lowest BCUT2D eigenvalue weighted by Crippen LogP contribution is -2.61. The molecule has 0 aromatic rings. The molecule has 0 radical (unpaired) electrons. The quantitative estimate of drug-likeness (QED) is 0.700. The third-order valence-electron chi connectivity index (χ3n) is 6.99. The lowest BCUT2D eigenvalue weighted by atomic mass is 9.66. The Balaban J connectivity index is 1.98. The van der Waals surface area contributed by atoms with E-state index < -0.39 is 5.54 Å². The summed E-state index contributed by atoms with van der Waals surface area (Å²) < 4.78 is 5.57. The number of Topliss-reactive ketones (excluding diaryl/α,β-unsaturated/α-hetero) is 1. The Hall–Kier alpha value is -1.49. The Morgan fingerprint density at radius 3 is 2.61 bits per heavy atom. The molecule has 1 fully saturated rings. The Labute approximate surface area is 170 Å². The maximum Gasteiger partial charge on any atom is 0.161 e. The predicted octanol–water partition coefficient (Wildman–Crippen LogP) is 3.62. The van der Waals surface area contributed by atoms with Crippen LogP contribution in [0.3, 0.4) is 0 Å². The molecule has 154 valence electrons. The highest BCUT2D eigenvalue weighted by Crippen LogP contribution is 2.41. The van der Waals surface area contributed by atoms with Gasteiger partial charge in [-0.3, -0.25) is 14.6 Å². The number of hydrogen-bond acceptors (Lipinski definition) is 4. The van der Waals surface area contributed by atoms with Crippen LogP contribution in [0.1, 0.15) is 33.6 Å². The van der Waals surface area contributed by atoms with E-state index in [-0.39, 0.29) is 17.4 Å². The van der Waals surface area contributed by atoms with E-state index in [0.717, 1.165) is 25.9 Å². The van der Waals surface area contributed by atoms with Gasteiger partial charge < -0.3 is 4.74 Å². The van der Waals surface area contributed by atoms with Crippen molar-refractivity contribution < 1.29 is 9.53 Å². The van der Waals surface area contributed by atoms with Gasteiger partial charge in [-0.05, 0) is 40.8 Å². The van der Waals surface area contributed by atoms with E-state index in [1.165, 1.54) is 5.57 Å². The fraction of sp³-hybridized carbons (Fsp3) is 0.625. The van der Waals surface area contributed by atoms with Crippen molar-refractivity contribution in [3.05, 3.63) is 48.1 Å². The summed E-state index contributed by atoms with van der Waals surface area (Å²) in [5.41, 5.74) is 0.546. The normalized spacial score (nSPS) is 34.5. The number of allylic oxidation sites excluding steroid dienone is 4. The van der Waals surface area contributed by atoms with E-state index in [1.54, 1.807) is 0 Å². The Kier molecular flexibility index (Phi) is 6.43. The molecule has 3 rings (SSSR count). The number of morpholine rings is 1. The molecule has 0 amide bonds. The second-order valence-electron chi connectivity index (χ2n) is 8.79. The lowest BCUT2D eigenvalue weighted by Gasteiger charge is -2.49. The van der Waals surface area contributed by atoms with Crippen molar-refractivity contribution in [2.45, 2.75) is 44.7 Å². The molecule has 4 heteroatoms. The summed E-state index contributed by atoms with van der Waals surface area (Å²) in [6, 6.07) is 0. The third-order valence-corrected chi connectivity index (χ3v) is 6.99. The minimum atomic E-state index is -0.545. The molecule has 28 heavy (non-hydrogen) atoms. The van der Waals surface area contributed by atoms with Gasteiger partial charge >= 0.3 is 0 Å². The molecule has 4 unspecified atom stereocenters. The molecule has 2 aliphatic carbocycles. The maximum absolute atomic E-state index is 14.2. The number of hydrogen-bond donors (Lipinski definition) is 0. The van der Waals surface area contributed by atoms with Crippen molar-refractivity contribution in [2.75, 3.05) is 40.4 Å². The molecule has 0 saturated carbocycles. The van der Waals surface area contributed by atoms with Gasteiger partial charge in [0.05, 0.1) is 13.2 Å². The van der Waals surface area contributed by atoms with Crippen LogP contribution >= 0.6 is 0 Å². The summed E-state index contributed by atoms with van der Waals surface area (Å²) in [6.45, 7) is 9.58. The summed E-state index contributed by atoms with van der Waals surface area (Å²) in [5.74, 6) is 0.473. The second-order valence-corrected chi connectivity index (χ2v) is 8.79. The summed E-state index contributed by atoms with van der Waals surface area (Å²) in [5, 5.41) is 0. The smallest absolute Gasteiger partial charge is 0.161 e. The minimum Gasteiger partial charge on any atom is -0.379 e. The van der Waals surface area contributed by atoms with E-state index in [9.17, 15) is 4.79 Å². The van der Waals surface area contributed by atoms with Gasteiger partial charge in [-0.2, -0.15) is 0 Å². The Morgan fingerprint density at radius 2 is 2.04 bits per heavy atom. The average molecular weight is 385 g/mol. The lowest BCUT2D eigenvalue weighted by molar-refractivity contribution is -0.138. The van der Waals surface area contributed by atoms with Gasteiger partial charge in [-0.25, -0.2) is 0 Å². The summed E-state index contributed by atoms with van der Waals surface area (Å²) >= 11 is 0. The SMILES string of the molecule is CCC(C(=O)C1(N2CCOCC2)C=CC=CC1)C1C=CC(C)=CC1(C)N(C)C. The van der Waals surface area contributed by atoms with Crippen LogP contribution < -0.4 is 0 Å². The standard InChI is InChI=1S/C24H36N2O2/c1-6-20(21-11-10-19(2)18-23(21,3)25(4)5)22(27)24(12-8-7-9-13-24)26-14-16-28-17-15-26/h7-12,18,20-21H,6,13-17H2,1-5H3. The summed E-state index contributed by atoms with van der Waals surface area (Å²) in [6.07, 6.45) is 16.8. The number of nitrogens with zero attached hydrogens (tertiary/aromatic N) is 2. The average Bonchev–Trinajstić information content (AvgIpc) is 2.71. The van der Waals surface area contributed by atoms with E-state index >= 15 is 0 Å². The molecule has 1 saturated heterocycles. The van der Waals surface area contributed by atoms with Crippen LogP contribution in [-0.4, -0.2) is 67.1 Å². The highest BCUT2D eigenvalue weighted by Gasteiger charge is 2.49. The van der Waals surface area contributed by atoms with E-state index in [4.69, 9.17) is 4.74 Å². The van der Waals surface area contributed by atoms with Crippen LogP contribution in [0.4, 0.5) is 0 Å². The highest BCUT2D eigenvalue weighted by atomic mass is 16.5. The van der Waals surface area contributed by atoms with Crippen LogP contribution in [0.5, 0.6) is 0 Å². The number of carbonyl (C=O) groups excluding carboxylic acids is 1. The van der Waals surface area contributed by atoms with E-state index in [2.05, 4.69) is 87.2 Å². The first-order chi connectivity index (χ1) is 13.3. The Morgan fingerprint density at radius 1 is 1.32 bits per heavy atom. The van der Waals surface area contributed by atoms with Crippen LogP contribution in [0, 0.1) is 11.8 Å². The Bertz CT molecular complexity index is 699. The molecular weight excluding hydrogens is 348 g/mol. The van der Waals surface area contributed by atoms with Crippen LogP contribution in [-0.2, 0) is 9.53 Å². The number of carbonyl (C=O) groups is 1. The van der Waals surface area contributed by atoms with Crippen molar-refractivity contribution in [1.82, 2.24) is 9.80 Å². The van der Waals surface area contributed by atoms with Crippen molar-refractivity contribution >= 4 is 5.78 Å². The molecule has 0 N–H and O–H groups in total. The fourth-order valence-corrected chi connectivity index (χ4v) is 5.09. The van der Waals surface area contributed by atoms with Gasteiger partial charge in [0, 0.05) is 30.5 Å². The van der Waals surface area contributed by atoms with Crippen molar-refractivity contribution in [1.29, 1.82) is 0 Å². The van der Waals surface area contributed by atoms with Crippen molar-refractivity contribution in [3.8, 4) is 0 Å². The first-order valence-corrected chi connectivity index (χ1v) is 10.6. The van der Waals surface area contributed by atoms with E-state index in [0.29, 0.717) is 19.0 Å². The van der Waals surface area contributed by atoms with Gasteiger partial charge in [0.15, 0.2) is 5.78 Å². The zero-order valence-electron chi connectivity index (χ0n) is 18.1. The predicted molar refractivity (Wildman–Crippen MR) is 115 cm³/mol. The third kappa shape index (κ3) is 3.70. The highest BCUT2D eigenvalue weighted by molar-refractivity contribution is 5.93. The largest absolute Gasteiger partial charge is 0.379 e. The van der Waals surface area contributed by atoms with Crippen molar-refractivity contribution in [2.24, 2.45) is 11.8 Å². The van der Waals surface area contributed by atoms with E-state index in [1.807, 2.05) is 0 Å². The molecule has 4 atom stereocenters. The maximum atomic E-state index is 14.2. The fourth-order valence-electron chi connectivity index (χ4n) is 5.09. The minimum absolute atomic E-state index is 0.0352. The molecule has 0 spiro atoms. The molecule has 0 aromatic carbocycles. The molecule has 1 aliphatic heterocycles. The number of rotatable bonds is 6. The second kappa shape index (κ2) is 8.48. The van der Waals surface area contributed by atoms with Crippen LogP contribution in [0.15, 0.2) is 48.1 Å². The molecule has 0 aromatic heterocycles. The molecule has 4 nitrogen and oxygen atoms in total. The monoisotopic (exact) mass is 384 g/mol. The topological polar surface area (TPSA) is 32.8 Å². The zero-order chi connectivity index (χ0) is 20.4. The summed E-state index contributed by atoms with van der Waals surface area (Å²) in [4.78, 5) is 18.8. The van der Waals surface area contributed by atoms with Crippen LogP contribution in [0.25, 0.3) is 0 Å². The number of ether oxygens (including phenoxy) is 1. The van der Waals surface area contributed by atoms with Gasteiger partial charge in [-0.1, -0.05) is 55.0 Å². The van der Waals surface area contributed by atoms with Gasteiger partial charge in [0.1, 0.15) is 5.54 Å². The van der Waals surface area contributed by atoms with Crippen LogP contribution in [0.2, 0.25) is 0 Å². The first kappa shape index (κ1) is 21.2. The number of likely N-dealkylation sites (N-methyl/N-ethyl adjacent to an activating group) is 1. The molecule has 1 heterocycles.